The van der Waals surface area contributed by atoms with Crippen molar-refractivity contribution in [2.24, 2.45) is 0 Å². The fourth-order valence-corrected chi connectivity index (χ4v) is 3.91. The SMILES string of the molecule is COc1ccc(N2CCN(C(=S)c3cccc(OCc4ccccc4)c3)CC2)cc1. The number of thiocarbonyl (C=S) groups is 1. The van der Waals surface area contributed by atoms with E-state index in [-0.39, 0.29) is 0 Å². The van der Waals surface area contributed by atoms with Crippen molar-refractivity contribution in [3.63, 3.8) is 0 Å². The summed E-state index contributed by atoms with van der Waals surface area (Å²) in [5.74, 6) is 1.73. The molecule has 0 saturated carbocycles. The smallest absolute Gasteiger partial charge is 0.120 e. The fourth-order valence-electron chi connectivity index (χ4n) is 3.60. The van der Waals surface area contributed by atoms with E-state index in [9.17, 15) is 0 Å². The van der Waals surface area contributed by atoms with Crippen LogP contribution in [0, 0.1) is 0 Å². The van der Waals surface area contributed by atoms with Crippen molar-refractivity contribution in [3.8, 4) is 11.5 Å². The number of methoxy groups -OCH3 is 1. The molecule has 1 heterocycles. The maximum absolute atomic E-state index is 5.97. The fraction of sp³-hybridized carbons (Fsp3) is 0.240. The highest BCUT2D eigenvalue weighted by atomic mass is 32.1. The summed E-state index contributed by atoms with van der Waals surface area (Å²) < 4.78 is 11.2. The van der Waals surface area contributed by atoms with E-state index in [0.29, 0.717) is 6.61 Å². The predicted octanol–water partition coefficient (Wildman–Crippen LogP) is 4.77. The molecule has 0 bridgehead atoms. The Morgan fingerprint density at radius 3 is 2.27 bits per heavy atom. The molecular formula is C25H26N2O2S. The normalized spacial score (nSPS) is 13.8. The van der Waals surface area contributed by atoms with Crippen molar-refractivity contribution < 1.29 is 9.47 Å². The molecule has 154 valence electrons. The van der Waals surface area contributed by atoms with Crippen LogP contribution in [0.3, 0.4) is 0 Å². The minimum absolute atomic E-state index is 0.553. The van der Waals surface area contributed by atoms with Gasteiger partial charge in [0.2, 0.25) is 0 Å². The third kappa shape index (κ3) is 4.92. The van der Waals surface area contributed by atoms with Crippen molar-refractivity contribution in [1.29, 1.82) is 0 Å². The first kappa shape index (κ1) is 20.2. The highest BCUT2D eigenvalue weighted by molar-refractivity contribution is 7.80. The van der Waals surface area contributed by atoms with Crippen LogP contribution in [-0.4, -0.2) is 43.2 Å². The first-order valence-electron chi connectivity index (χ1n) is 10.2. The second-order valence-electron chi connectivity index (χ2n) is 7.28. The lowest BCUT2D eigenvalue weighted by molar-refractivity contribution is 0.306. The molecule has 0 N–H and O–H groups in total. The summed E-state index contributed by atoms with van der Waals surface area (Å²) in [6.07, 6.45) is 0. The van der Waals surface area contributed by atoms with E-state index in [1.54, 1.807) is 7.11 Å². The second kappa shape index (κ2) is 9.63. The first-order chi connectivity index (χ1) is 14.7. The van der Waals surface area contributed by atoms with E-state index >= 15 is 0 Å². The van der Waals surface area contributed by atoms with Gasteiger partial charge in [0.1, 0.15) is 23.1 Å². The summed E-state index contributed by atoms with van der Waals surface area (Å²) in [6.45, 7) is 4.24. The van der Waals surface area contributed by atoms with Crippen molar-refractivity contribution in [2.75, 3.05) is 38.2 Å². The molecule has 0 aliphatic carbocycles. The Bertz CT molecular complexity index is 968. The lowest BCUT2D eigenvalue weighted by Gasteiger charge is -2.37. The summed E-state index contributed by atoms with van der Waals surface area (Å²) in [5, 5.41) is 0. The quantitative estimate of drug-likeness (QED) is 0.537. The molecule has 0 amide bonds. The predicted molar refractivity (Wildman–Crippen MR) is 126 cm³/mol. The number of anilines is 1. The monoisotopic (exact) mass is 418 g/mol. The van der Waals surface area contributed by atoms with Crippen LogP contribution in [0.15, 0.2) is 78.9 Å². The number of hydrogen-bond donors (Lipinski definition) is 0. The van der Waals surface area contributed by atoms with Crippen LogP contribution < -0.4 is 14.4 Å². The van der Waals surface area contributed by atoms with Gasteiger partial charge in [-0.25, -0.2) is 0 Å². The summed E-state index contributed by atoms with van der Waals surface area (Å²) in [4.78, 5) is 5.55. The van der Waals surface area contributed by atoms with Gasteiger partial charge < -0.3 is 19.3 Å². The number of ether oxygens (including phenoxy) is 2. The van der Waals surface area contributed by atoms with Gasteiger partial charge in [-0.3, -0.25) is 0 Å². The van der Waals surface area contributed by atoms with Crippen molar-refractivity contribution in [1.82, 2.24) is 4.90 Å². The summed E-state index contributed by atoms with van der Waals surface area (Å²) in [6, 6.07) is 26.5. The van der Waals surface area contributed by atoms with E-state index in [1.165, 1.54) is 5.69 Å². The molecule has 1 saturated heterocycles. The van der Waals surface area contributed by atoms with Gasteiger partial charge in [0, 0.05) is 37.4 Å². The Labute approximate surface area is 183 Å². The van der Waals surface area contributed by atoms with E-state index < -0.39 is 0 Å². The van der Waals surface area contributed by atoms with E-state index in [4.69, 9.17) is 21.7 Å². The molecule has 5 heteroatoms. The first-order valence-corrected chi connectivity index (χ1v) is 10.6. The van der Waals surface area contributed by atoms with Gasteiger partial charge in [-0.1, -0.05) is 54.7 Å². The zero-order chi connectivity index (χ0) is 20.8. The molecule has 0 atom stereocenters. The molecule has 4 nitrogen and oxygen atoms in total. The van der Waals surface area contributed by atoms with Crippen LogP contribution in [0.5, 0.6) is 11.5 Å². The minimum atomic E-state index is 0.553. The van der Waals surface area contributed by atoms with Crippen LogP contribution in [0.1, 0.15) is 11.1 Å². The van der Waals surface area contributed by atoms with Gasteiger partial charge >= 0.3 is 0 Å². The highest BCUT2D eigenvalue weighted by Crippen LogP contribution is 2.22. The number of nitrogens with zero attached hydrogens (tertiary/aromatic N) is 2. The number of rotatable bonds is 6. The third-order valence-electron chi connectivity index (χ3n) is 5.33. The maximum atomic E-state index is 5.97. The topological polar surface area (TPSA) is 24.9 Å². The number of piperazine rings is 1. The van der Waals surface area contributed by atoms with E-state index in [1.807, 2.05) is 48.5 Å². The molecule has 3 aromatic carbocycles. The van der Waals surface area contributed by atoms with Crippen molar-refractivity contribution in [2.45, 2.75) is 6.61 Å². The third-order valence-corrected chi connectivity index (χ3v) is 5.83. The molecular weight excluding hydrogens is 392 g/mol. The largest absolute Gasteiger partial charge is 0.497 e. The van der Waals surface area contributed by atoms with E-state index in [0.717, 1.165) is 53.8 Å². The summed E-state index contributed by atoms with van der Waals surface area (Å²) >= 11 is 5.80. The van der Waals surface area contributed by atoms with Crippen LogP contribution in [0.25, 0.3) is 0 Å². The van der Waals surface area contributed by atoms with Crippen LogP contribution in [-0.2, 0) is 6.61 Å². The molecule has 0 aromatic heterocycles. The van der Waals surface area contributed by atoms with Gasteiger partial charge in [-0.15, -0.1) is 0 Å². The molecule has 3 aromatic rings. The van der Waals surface area contributed by atoms with Crippen molar-refractivity contribution in [3.05, 3.63) is 90.0 Å². The molecule has 0 radical (unpaired) electrons. The van der Waals surface area contributed by atoms with Gasteiger partial charge in [-0.05, 0) is 42.0 Å². The molecule has 30 heavy (non-hydrogen) atoms. The Hall–Kier alpha value is -3.05. The summed E-state index contributed by atoms with van der Waals surface area (Å²) in [5.41, 5.74) is 3.41. The average molecular weight is 419 g/mol. The Morgan fingerprint density at radius 2 is 1.57 bits per heavy atom. The minimum Gasteiger partial charge on any atom is -0.497 e. The van der Waals surface area contributed by atoms with Gasteiger partial charge in [-0.2, -0.15) is 0 Å². The standard InChI is InChI=1S/C25H26N2O2S/c1-28-23-12-10-22(11-13-23)26-14-16-27(17-15-26)25(30)21-8-5-9-24(18-21)29-19-20-6-3-2-4-7-20/h2-13,18H,14-17,19H2,1H3. The zero-order valence-electron chi connectivity index (χ0n) is 17.2. The molecule has 4 rings (SSSR count). The number of benzene rings is 3. The molecule has 1 aliphatic rings. The van der Waals surface area contributed by atoms with Gasteiger partial charge in [0.15, 0.2) is 0 Å². The lowest BCUT2D eigenvalue weighted by Crippen LogP contribution is -2.48. The van der Waals surface area contributed by atoms with E-state index in [2.05, 4.69) is 40.1 Å². The number of hydrogen-bond acceptors (Lipinski definition) is 4. The summed E-state index contributed by atoms with van der Waals surface area (Å²) in [7, 11) is 1.69. The molecule has 1 aliphatic heterocycles. The molecule has 1 fully saturated rings. The Morgan fingerprint density at radius 1 is 0.833 bits per heavy atom. The second-order valence-corrected chi connectivity index (χ2v) is 7.67. The molecule has 0 spiro atoms. The zero-order valence-corrected chi connectivity index (χ0v) is 18.0. The Kier molecular flexibility index (Phi) is 6.50. The lowest BCUT2D eigenvalue weighted by atomic mass is 10.1. The van der Waals surface area contributed by atoms with Crippen molar-refractivity contribution >= 4 is 22.9 Å². The Balaban J connectivity index is 1.34. The van der Waals surface area contributed by atoms with Gasteiger partial charge in [0.25, 0.3) is 0 Å². The average Bonchev–Trinajstić information content (AvgIpc) is 2.83. The van der Waals surface area contributed by atoms with Crippen LogP contribution >= 0.6 is 12.2 Å². The van der Waals surface area contributed by atoms with Gasteiger partial charge in [0.05, 0.1) is 7.11 Å². The van der Waals surface area contributed by atoms with Crippen LogP contribution in [0.2, 0.25) is 0 Å². The molecule has 0 unspecified atom stereocenters. The highest BCUT2D eigenvalue weighted by Gasteiger charge is 2.20. The van der Waals surface area contributed by atoms with Crippen LogP contribution in [0.4, 0.5) is 5.69 Å². The maximum Gasteiger partial charge on any atom is 0.120 e.